The van der Waals surface area contributed by atoms with Crippen LogP contribution in [0.4, 0.5) is 11.4 Å². The quantitative estimate of drug-likeness (QED) is 0.804. The molecule has 0 radical (unpaired) electrons. The summed E-state index contributed by atoms with van der Waals surface area (Å²) in [6.07, 6.45) is 1.85. The number of carboxylic acids is 1. The molecule has 6 nitrogen and oxygen atoms in total. The van der Waals surface area contributed by atoms with Crippen molar-refractivity contribution in [1.29, 1.82) is 0 Å². The fraction of sp³-hybridized carbons (Fsp3) is 0.278. The number of nitrogens with zero attached hydrogens (tertiary/aromatic N) is 2. The lowest BCUT2D eigenvalue weighted by Gasteiger charge is -2.25. The van der Waals surface area contributed by atoms with E-state index in [1.807, 2.05) is 12.1 Å². The van der Waals surface area contributed by atoms with Crippen LogP contribution in [0.3, 0.4) is 0 Å². The van der Waals surface area contributed by atoms with Crippen molar-refractivity contribution in [2.24, 2.45) is 0 Å². The number of para-hydroxylation sites is 2. The summed E-state index contributed by atoms with van der Waals surface area (Å²) in [6.45, 7) is 6.94. The van der Waals surface area contributed by atoms with E-state index in [9.17, 15) is 9.59 Å². The zero-order valence-electron chi connectivity index (χ0n) is 13.3. The van der Waals surface area contributed by atoms with E-state index in [0.717, 1.165) is 11.3 Å². The molecule has 1 fully saturated rings. The molecule has 1 aliphatic rings. The molecule has 0 spiro atoms. The molecular formula is C18H16N2O4S. The molecule has 1 saturated heterocycles. The van der Waals surface area contributed by atoms with Crippen LogP contribution in [0.15, 0.2) is 36.4 Å². The number of amides is 1. The Bertz CT molecular complexity index is 840. The Balaban J connectivity index is 1.77. The average molecular weight is 356 g/mol. The highest BCUT2D eigenvalue weighted by atomic mass is 32.1. The van der Waals surface area contributed by atoms with Gasteiger partial charge in [-0.3, -0.25) is 4.79 Å². The fourth-order valence-electron chi connectivity index (χ4n) is 2.94. The maximum atomic E-state index is 12.4. The molecule has 7 heteroatoms. The van der Waals surface area contributed by atoms with Crippen LogP contribution in [0.2, 0.25) is 0 Å². The summed E-state index contributed by atoms with van der Waals surface area (Å²) < 4.78 is 5.18. The molecule has 1 aliphatic heterocycles. The summed E-state index contributed by atoms with van der Waals surface area (Å²) in [5.74, 6) is -0.988. The molecule has 3 rings (SSSR count). The van der Waals surface area contributed by atoms with Crippen molar-refractivity contribution in [2.75, 3.05) is 11.5 Å². The Kier molecular flexibility index (Phi) is 5.00. The molecule has 1 aromatic carbocycles. The van der Waals surface area contributed by atoms with Gasteiger partial charge >= 0.3 is 5.97 Å². The van der Waals surface area contributed by atoms with E-state index in [4.69, 9.17) is 16.4 Å². The third-order valence-corrected chi connectivity index (χ3v) is 5.02. The zero-order valence-corrected chi connectivity index (χ0v) is 14.2. The van der Waals surface area contributed by atoms with Gasteiger partial charge < -0.3 is 14.7 Å². The SMILES string of the molecule is [C-]#[N+]c1ccccc1N1C(=O)CC[C@H]1Cc1ccc(OCC(=O)O)s1. The van der Waals surface area contributed by atoms with Gasteiger partial charge in [0.15, 0.2) is 11.7 Å². The number of hydrogen-bond acceptors (Lipinski definition) is 4. The van der Waals surface area contributed by atoms with Gasteiger partial charge in [-0.15, -0.1) is 11.3 Å². The van der Waals surface area contributed by atoms with Crippen molar-refractivity contribution < 1.29 is 19.4 Å². The van der Waals surface area contributed by atoms with Gasteiger partial charge in [-0.2, -0.15) is 0 Å². The molecule has 0 saturated carbocycles. The van der Waals surface area contributed by atoms with Crippen LogP contribution in [-0.2, 0) is 16.0 Å². The monoisotopic (exact) mass is 356 g/mol. The first-order valence-electron chi connectivity index (χ1n) is 7.80. The Morgan fingerprint density at radius 3 is 2.92 bits per heavy atom. The van der Waals surface area contributed by atoms with Crippen molar-refractivity contribution in [3.63, 3.8) is 0 Å². The number of ether oxygens (including phenoxy) is 1. The van der Waals surface area contributed by atoms with Gasteiger partial charge in [-0.25, -0.2) is 9.64 Å². The Morgan fingerprint density at radius 1 is 1.36 bits per heavy atom. The molecule has 1 aromatic heterocycles. The van der Waals surface area contributed by atoms with Crippen LogP contribution in [0.25, 0.3) is 4.85 Å². The first kappa shape index (κ1) is 17.0. The number of anilines is 1. The molecular weight excluding hydrogens is 340 g/mol. The highest BCUT2D eigenvalue weighted by Gasteiger charge is 2.33. The first-order chi connectivity index (χ1) is 12.1. The highest BCUT2D eigenvalue weighted by molar-refractivity contribution is 7.13. The lowest BCUT2D eigenvalue weighted by molar-refractivity contribution is -0.139. The number of thiophene rings is 1. The van der Waals surface area contributed by atoms with Crippen LogP contribution < -0.4 is 9.64 Å². The summed E-state index contributed by atoms with van der Waals surface area (Å²) in [7, 11) is 0. The zero-order chi connectivity index (χ0) is 17.8. The molecule has 1 N–H and O–H groups in total. The standard InChI is InChI=1S/C18H16N2O4S/c1-19-14-4-2-3-5-15(14)20-12(6-8-16(20)21)10-13-7-9-18(25-13)24-11-17(22)23/h2-5,7,9,12H,6,8,10-11H2,(H,22,23)/t12-/m0/s1. The molecule has 1 atom stereocenters. The van der Waals surface area contributed by atoms with Crippen LogP contribution in [0, 0.1) is 6.57 Å². The van der Waals surface area contributed by atoms with E-state index in [2.05, 4.69) is 4.85 Å². The fourth-order valence-corrected chi connectivity index (χ4v) is 3.86. The minimum absolute atomic E-state index is 0.0126. The van der Waals surface area contributed by atoms with E-state index in [0.29, 0.717) is 29.3 Å². The molecule has 128 valence electrons. The largest absolute Gasteiger partial charge is 0.479 e. The minimum atomic E-state index is -1.02. The summed E-state index contributed by atoms with van der Waals surface area (Å²) in [5, 5.41) is 9.21. The molecule has 2 heterocycles. The van der Waals surface area contributed by atoms with Crippen molar-refractivity contribution in [3.05, 3.63) is 52.7 Å². The van der Waals surface area contributed by atoms with Crippen LogP contribution >= 0.6 is 11.3 Å². The van der Waals surface area contributed by atoms with E-state index < -0.39 is 5.97 Å². The third-order valence-electron chi connectivity index (χ3n) is 4.00. The number of hydrogen-bond donors (Lipinski definition) is 1. The smallest absolute Gasteiger partial charge is 0.341 e. The Morgan fingerprint density at radius 2 is 2.16 bits per heavy atom. The maximum Gasteiger partial charge on any atom is 0.341 e. The van der Waals surface area contributed by atoms with Crippen molar-refractivity contribution in [3.8, 4) is 5.06 Å². The number of carboxylic acid groups (broad SMARTS) is 1. The van der Waals surface area contributed by atoms with Crippen LogP contribution in [-0.4, -0.2) is 29.6 Å². The molecule has 0 bridgehead atoms. The normalized spacial score (nSPS) is 16.7. The summed E-state index contributed by atoms with van der Waals surface area (Å²) >= 11 is 1.39. The molecule has 0 unspecified atom stereocenters. The van der Waals surface area contributed by atoms with E-state index >= 15 is 0 Å². The lowest BCUT2D eigenvalue weighted by Crippen LogP contribution is -2.34. The number of carbonyl (C=O) groups is 2. The molecule has 25 heavy (non-hydrogen) atoms. The summed E-state index contributed by atoms with van der Waals surface area (Å²) in [4.78, 5) is 29.2. The Hall–Kier alpha value is -2.85. The number of aliphatic carboxylic acids is 1. The van der Waals surface area contributed by atoms with Gasteiger partial charge in [0.2, 0.25) is 11.6 Å². The maximum absolute atomic E-state index is 12.4. The van der Waals surface area contributed by atoms with E-state index in [1.165, 1.54) is 11.3 Å². The minimum Gasteiger partial charge on any atom is -0.479 e. The number of rotatable bonds is 6. The average Bonchev–Trinajstić information content (AvgIpc) is 3.20. The second kappa shape index (κ2) is 7.36. The third kappa shape index (κ3) is 3.80. The summed E-state index contributed by atoms with van der Waals surface area (Å²) in [5.41, 5.74) is 1.13. The van der Waals surface area contributed by atoms with Crippen LogP contribution in [0.1, 0.15) is 17.7 Å². The van der Waals surface area contributed by atoms with Crippen molar-refractivity contribution in [1.82, 2.24) is 0 Å². The van der Waals surface area contributed by atoms with Gasteiger partial charge in [-0.05, 0) is 24.6 Å². The number of benzene rings is 1. The summed E-state index contributed by atoms with van der Waals surface area (Å²) in [6, 6.07) is 10.8. The van der Waals surface area contributed by atoms with E-state index in [1.54, 1.807) is 29.2 Å². The van der Waals surface area contributed by atoms with E-state index in [-0.39, 0.29) is 18.6 Å². The molecule has 2 aromatic rings. The topological polar surface area (TPSA) is 71.2 Å². The molecule has 0 aliphatic carbocycles. The second-order valence-electron chi connectivity index (χ2n) is 5.66. The molecule has 1 amide bonds. The van der Waals surface area contributed by atoms with Gasteiger partial charge in [-0.1, -0.05) is 18.2 Å². The van der Waals surface area contributed by atoms with Gasteiger partial charge in [0.1, 0.15) is 0 Å². The second-order valence-corrected chi connectivity index (χ2v) is 6.79. The van der Waals surface area contributed by atoms with Gasteiger partial charge in [0.05, 0.1) is 6.57 Å². The van der Waals surface area contributed by atoms with Gasteiger partial charge in [0.25, 0.3) is 0 Å². The first-order valence-corrected chi connectivity index (χ1v) is 8.62. The lowest BCUT2D eigenvalue weighted by atomic mass is 10.1. The number of carbonyl (C=O) groups excluding carboxylic acids is 1. The van der Waals surface area contributed by atoms with Crippen molar-refractivity contribution >= 4 is 34.6 Å². The van der Waals surface area contributed by atoms with Crippen molar-refractivity contribution in [2.45, 2.75) is 25.3 Å². The predicted molar refractivity (Wildman–Crippen MR) is 94.4 cm³/mol. The Labute approximate surface area is 149 Å². The predicted octanol–water partition coefficient (Wildman–Crippen LogP) is 3.50. The van der Waals surface area contributed by atoms with Gasteiger partial charge in [0, 0.05) is 29.4 Å². The highest BCUT2D eigenvalue weighted by Crippen LogP contribution is 2.36. The van der Waals surface area contributed by atoms with Crippen LogP contribution in [0.5, 0.6) is 5.06 Å².